The number of likely N-dealkylation sites (N-methyl/N-ethyl adjacent to an activating group) is 1. The van der Waals surface area contributed by atoms with E-state index in [-0.39, 0.29) is 0 Å². The van der Waals surface area contributed by atoms with Gasteiger partial charge < -0.3 is 19.1 Å². The molecule has 2 aromatic heterocycles. The van der Waals surface area contributed by atoms with Crippen LogP contribution in [0.25, 0.3) is 11.5 Å². The number of aryl methyl sites for hydroxylation is 1. The minimum absolute atomic E-state index is 0.365. The highest BCUT2D eigenvalue weighted by atomic mass is 16.5. The minimum atomic E-state index is 0.365. The lowest BCUT2D eigenvalue weighted by Gasteiger charge is -2.41. The number of nitrogens with zero attached hydrogens (tertiary/aromatic N) is 6. The molecule has 0 radical (unpaired) electrons. The van der Waals surface area contributed by atoms with E-state index in [1.165, 1.54) is 19.3 Å². The van der Waals surface area contributed by atoms with Crippen molar-refractivity contribution >= 4 is 5.82 Å². The summed E-state index contributed by atoms with van der Waals surface area (Å²) >= 11 is 0. The Balaban J connectivity index is 1.26. The highest BCUT2D eigenvalue weighted by molar-refractivity contribution is 5.52. The normalized spacial score (nSPS) is 29.4. The fraction of sp³-hybridized carbons (Fsp3) is 0.682. The minimum Gasteiger partial charge on any atom is -0.376 e. The van der Waals surface area contributed by atoms with Crippen LogP contribution in [0, 0.1) is 17.8 Å². The van der Waals surface area contributed by atoms with Crippen molar-refractivity contribution in [3.63, 3.8) is 0 Å². The SMILES string of the molecule is CN(C)[C@@H]1C[C@@H]2CN(c3ccc(-c4nccn4C)nn3)C[C@@H]2C[C@H]1OCC1CC1. The van der Waals surface area contributed by atoms with E-state index in [0.29, 0.717) is 24.0 Å². The van der Waals surface area contributed by atoms with Crippen molar-refractivity contribution in [1.29, 1.82) is 0 Å². The molecule has 1 saturated heterocycles. The number of aromatic nitrogens is 4. The van der Waals surface area contributed by atoms with Gasteiger partial charge in [0.25, 0.3) is 0 Å². The van der Waals surface area contributed by atoms with Crippen LogP contribution in [0.5, 0.6) is 0 Å². The molecule has 0 N–H and O–H groups in total. The highest BCUT2D eigenvalue weighted by Gasteiger charge is 2.44. The zero-order chi connectivity index (χ0) is 20.0. The van der Waals surface area contributed by atoms with Gasteiger partial charge in [-0.25, -0.2) is 4.98 Å². The summed E-state index contributed by atoms with van der Waals surface area (Å²) in [7, 11) is 6.38. The number of anilines is 1. The van der Waals surface area contributed by atoms with Gasteiger partial charge in [0, 0.05) is 45.2 Å². The summed E-state index contributed by atoms with van der Waals surface area (Å²) in [6.07, 6.45) is 9.16. The first-order chi connectivity index (χ1) is 14.1. The number of rotatable bonds is 6. The Morgan fingerprint density at radius 1 is 1.10 bits per heavy atom. The quantitative estimate of drug-likeness (QED) is 0.748. The third-order valence-electron chi connectivity index (χ3n) is 7.02. The number of ether oxygens (including phenoxy) is 1. The molecule has 156 valence electrons. The van der Waals surface area contributed by atoms with Crippen LogP contribution in [0.15, 0.2) is 24.5 Å². The van der Waals surface area contributed by atoms with Gasteiger partial charge in [0.2, 0.25) is 0 Å². The standard InChI is InChI=1S/C22H32N6O/c1-26(2)19-10-16-12-28(13-17(16)11-20(19)29-14-15-4-5-15)21-7-6-18(24-25-21)22-23-8-9-27(22)3/h6-9,15-17,19-20H,4-5,10-14H2,1-3H3/t16-,17+,19-,20-/m1/s1. The van der Waals surface area contributed by atoms with Crippen molar-refractivity contribution in [3.8, 4) is 11.5 Å². The topological polar surface area (TPSA) is 59.3 Å². The van der Waals surface area contributed by atoms with E-state index >= 15 is 0 Å². The van der Waals surface area contributed by atoms with Crippen molar-refractivity contribution in [2.75, 3.05) is 38.7 Å². The molecule has 29 heavy (non-hydrogen) atoms. The van der Waals surface area contributed by atoms with Crippen LogP contribution in [0.3, 0.4) is 0 Å². The van der Waals surface area contributed by atoms with Crippen LogP contribution in [-0.4, -0.2) is 70.6 Å². The summed E-state index contributed by atoms with van der Waals surface area (Å²) in [5.41, 5.74) is 0.819. The Morgan fingerprint density at radius 3 is 2.52 bits per heavy atom. The van der Waals surface area contributed by atoms with Crippen LogP contribution < -0.4 is 4.90 Å². The largest absolute Gasteiger partial charge is 0.376 e. The molecule has 0 amide bonds. The fourth-order valence-corrected chi connectivity index (χ4v) is 5.07. The van der Waals surface area contributed by atoms with Gasteiger partial charge in [0.15, 0.2) is 11.6 Å². The van der Waals surface area contributed by atoms with E-state index in [0.717, 1.165) is 49.4 Å². The first-order valence-corrected chi connectivity index (χ1v) is 10.9. The maximum absolute atomic E-state index is 6.40. The van der Waals surface area contributed by atoms with Gasteiger partial charge in [-0.15, -0.1) is 10.2 Å². The lowest BCUT2D eigenvalue weighted by molar-refractivity contribution is -0.0493. The molecule has 4 atom stereocenters. The molecule has 2 aromatic rings. The molecular formula is C22H32N6O. The van der Waals surface area contributed by atoms with Crippen LogP contribution >= 0.6 is 0 Å². The van der Waals surface area contributed by atoms with Gasteiger partial charge in [0.05, 0.1) is 6.10 Å². The second-order valence-electron chi connectivity index (χ2n) is 9.38. The first-order valence-electron chi connectivity index (χ1n) is 10.9. The fourth-order valence-electron chi connectivity index (χ4n) is 5.07. The molecule has 2 aliphatic carbocycles. The van der Waals surface area contributed by atoms with E-state index in [1.807, 2.05) is 23.9 Å². The monoisotopic (exact) mass is 396 g/mol. The number of hydrogen-bond acceptors (Lipinski definition) is 6. The average molecular weight is 397 g/mol. The Kier molecular flexibility index (Phi) is 5.04. The van der Waals surface area contributed by atoms with Gasteiger partial charge in [-0.2, -0.15) is 0 Å². The van der Waals surface area contributed by atoms with Crippen LogP contribution in [-0.2, 0) is 11.8 Å². The van der Waals surface area contributed by atoms with Crippen LogP contribution in [0.1, 0.15) is 25.7 Å². The lowest BCUT2D eigenvalue weighted by Crippen LogP contribution is -2.48. The van der Waals surface area contributed by atoms with E-state index < -0.39 is 0 Å². The molecule has 7 nitrogen and oxygen atoms in total. The predicted molar refractivity (Wildman–Crippen MR) is 113 cm³/mol. The highest BCUT2D eigenvalue weighted by Crippen LogP contribution is 2.41. The summed E-state index contributed by atoms with van der Waals surface area (Å²) in [6, 6.07) is 4.65. The first kappa shape index (κ1) is 19.0. The Hall–Kier alpha value is -1.99. The summed E-state index contributed by atoms with van der Waals surface area (Å²) in [6.45, 7) is 3.08. The van der Waals surface area contributed by atoms with Gasteiger partial charge in [-0.3, -0.25) is 0 Å². The molecule has 0 spiro atoms. The molecule has 5 rings (SSSR count). The van der Waals surface area contributed by atoms with Gasteiger partial charge >= 0.3 is 0 Å². The van der Waals surface area contributed by atoms with Crippen molar-refractivity contribution in [2.24, 2.45) is 24.8 Å². The maximum Gasteiger partial charge on any atom is 0.160 e. The molecule has 3 aliphatic rings. The van der Waals surface area contributed by atoms with E-state index in [4.69, 9.17) is 4.74 Å². The lowest BCUT2D eigenvalue weighted by atomic mass is 9.77. The third-order valence-corrected chi connectivity index (χ3v) is 7.02. The molecule has 3 fully saturated rings. The van der Waals surface area contributed by atoms with Gasteiger partial charge in [0.1, 0.15) is 5.69 Å². The van der Waals surface area contributed by atoms with E-state index in [2.05, 4.69) is 45.1 Å². The second kappa shape index (κ2) is 7.69. The van der Waals surface area contributed by atoms with E-state index in [9.17, 15) is 0 Å². The Morgan fingerprint density at radius 2 is 1.90 bits per heavy atom. The second-order valence-corrected chi connectivity index (χ2v) is 9.38. The van der Waals surface area contributed by atoms with Crippen LogP contribution in [0.2, 0.25) is 0 Å². The number of fused-ring (bicyclic) bond motifs is 1. The summed E-state index contributed by atoms with van der Waals surface area (Å²) in [4.78, 5) is 9.16. The molecular weight excluding hydrogens is 364 g/mol. The zero-order valence-electron chi connectivity index (χ0n) is 17.7. The number of imidazole rings is 1. The Labute approximate surface area is 173 Å². The molecule has 0 unspecified atom stereocenters. The molecule has 0 bridgehead atoms. The van der Waals surface area contributed by atoms with Crippen LogP contribution in [0.4, 0.5) is 5.82 Å². The summed E-state index contributed by atoms with van der Waals surface area (Å²) < 4.78 is 8.37. The Bertz CT molecular complexity index is 830. The van der Waals surface area contributed by atoms with Crippen molar-refractivity contribution < 1.29 is 4.74 Å². The molecule has 1 aliphatic heterocycles. The van der Waals surface area contributed by atoms with Crippen molar-refractivity contribution in [1.82, 2.24) is 24.6 Å². The molecule has 3 heterocycles. The molecule has 0 aromatic carbocycles. The van der Waals surface area contributed by atoms with E-state index in [1.54, 1.807) is 6.20 Å². The molecule has 7 heteroatoms. The van der Waals surface area contributed by atoms with Crippen molar-refractivity contribution in [2.45, 2.75) is 37.8 Å². The third kappa shape index (κ3) is 3.90. The summed E-state index contributed by atoms with van der Waals surface area (Å²) in [5.74, 6) is 4.05. The van der Waals surface area contributed by atoms with Gasteiger partial charge in [-0.05, 0) is 69.7 Å². The van der Waals surface area contributed by atoms with Gasteiger partial charge in [-0.1, -0.05) is 0 Å². The maximum atomic E-state index is 6.40. The number of hydrogen-bond donors (Lipinski definition) is 0. The van der Waals surface area contributed by atoms with Crippen molar-refractivity contribution in [3.05, 3.63) is 24.5 Å². The molecule has 2 saturated carbocycles. The zero-order valence-corrected chi connectivity index (χ0v) is 17.7. The average Bonchev–Trinajstić information content (AvgIpc) is 3.30. The predicted octanol–water partition coefficient (Wildman–Crippen LogP) is 2.45. The smallest absolute Gasteiger partial charge is 0.160 e. The summed E-state index contributed by atoms with van der Waals surface area (Å²) in [5, 5.41) is 8.99.